The summed E-state index contributed by atoms with van der Waals surface area (Å²) in [5, 5.41) is 10.3. The lowest BCUT2D eigenvalue weighted by molar-refractivity contribution is 0.669. The third kappa shape index (κ3) is 4.11. The Morgan fingerprint density at radius 1 is 0.491 bits per heavy atom. The molecule has 0 spiro atoms. The Morgan fingerprint density at radius 3 is 2.15 bits per heavy atom. The quantitative estimate of drug-likeness (QED) is 0.173. The summed E-state index contributed by atoms with van der Waals surface area (Å²) in [6.45, 7) is 0. The zero-order valence-electron chi connectivity index (χ0n) is 28.2. The van der Waals surface area contributed by atoms with Crippen molar-refractivity contribution < 1.29 is 4.42 Å². The van der Waals surface area contributed by atoms with E-state index in [1.54, 1.807) is 0 Å². The van der Waals surface area contributed by atoms with Gasteiger partial charge >= 0.3 is 0 Å². The van der Waals surface area contributed by atoms with E-state index in [0.29, 0.717) is 0 Å². The number of hydrogen-bond donors (Lipinski definition) is 0. The Hall–Kier alpha value is -6.82. The molecule has 0 bridgehead atoms. The van der Waals surface area contributed by atoms with Gasteiger partial charge in [0.1, 0.15) is 11.2 Å². The van der Waals surface area contributed by atoms with E-state index < -0.39 is 0 Å². The van der Waals surface area contributed by atoms with Gasteiger partial charge in [-0.25, -0.2) is 9.97 Å². The van der Waals surface area contributed by atoms with E-state index in [4.69, 9.17) is 14.4 Å². The van der Waals surface area contributed by atoms with Gasteiger partial charge in [-0.2, -0.15) is 0 Å². The van der Waals surface area contributed by atoms with Crippen molar-refractivity contribution in [2.45, 2.75) is 0 Å². The van der Waals surface area contributed by atoms with Gasteiger partial charge in [0.15, 0.2) is 5.82 Å². The maximum atomic E-state index is 6.38. The van der Waals surface area contributed by atoms with Crippen molar-refractivity contribution in [3.8, 4) is 28.3 Å². The minimum absolute atomic E-state index is 0.724. The fraction of sp³-hybridized carbons (Fsp3) is 0. The predicted octanol–water partition coefficient (Wildman–Crippen LogP) is 13.5. The minimum Gasteiger partial charge on any atom is -0.456 e. The number of benzene rings is 8. The number of nitrogens with zero attached hydrogens (tertiary/aromatic N) is 3. The Bertz CT molecular complexity index is 3460. The second-order valence-electron chi connectivity index (χ2n) is 13.7. The molecule has 8 aromatic carbocycles. The average Bonchev–Trinajstić information content (AvgIpc) is 3.89. The zero-order chi connectivity index (χ0) is 34.6. The molecule has 12 rings (SSSR count). The normalized spacial score (nSPS) is 12.2. The van der Waals surface area contributed by atoms with Crippen LogP contribution in [0.4, 0.5) is 0 Å². The first kappa shape index (κ1) is 28.8. The SMILES string of the molecule is c1ccc(-c2nc(-c3ccc(-n4c5ccccc5c5cc6oc7ccccc7c6cc54)c4sc5ccccc5c34)nc3c2ccc2ccccc23)cc1. The first-order chi connectivity index (χ1) is 26.3. The lowest BCUT2D eigenvalue weighted by Crippen LogP contribution is -1.98. The van der Waals surface area contributed by atoms with Crippen molar-refractivity contribution in [3.05, 3.63) is 164 Å². The Kier molecular flexibility index (Phi) is 5.90. The summed E-state index contributed by atoms with van der Waals surface area (Å²) in [5.74, 6) is 0.724. The Morgan fingerprint density at radius 2 is 1.25 bits per heavy atom. The number of furan rings is 1. The summed E-state index contributed by atoms with van der Waals surface area (Å²) in [7, 11) is 0. The molecular weight excluding hydrogens is 667 g/mol. The summed E-state index contributed by atoms with van der Waals surface area (Å²) in [5.41, 5.74) is 9.24. The predicted molar refractivity (Wildman–Crippen MR) is 222 cm³/mol. The molecule has 246 valence electrons. The van der Waals surface area contributed by atoms with Crippen molar-refractivity contribution in [3.63, 3.8) is 0 Å². The number of hydrogen-bond acceptors (Lipinski definition) is 4. The zero-order valence-corrected chi connectivity index (χ0v) is 29.1. The third-order valence-electron chi connectivity index (χ3n) is 10.8. The van der Waals surface area contributed by atoms with Crippen LogP contribution in [-0.2, 0) is 0 Å². The van der Waals surface area contributed by atoms with Crippen LogP contribution in [0.5, 0.6) is 0 Å². The van der Waals surface area contributed by atoms with Crippen LogP contribution in [0.25, 0.3) is 114 Å². The monoisotopic (exact) mass is 693 g/mol. The van der Waals surface area contributed by atoms with Gasteiger partial charge in [0, 0.05) is 58.9 Å². The smallest absolute Gasteiger partial charge is 0.161 e. The molecule has 5 heteroatoms. The highest BCUT2D eigenvalue weighted by molar-refractivity contribution is 7.26. The van der Waals surface area contributed by atoms with Crippen LogP contribution in [0.1, 0.15) is 0 Å². The van der Waals surface area contributed by atoms with Crippen LogP contribution in [0.2, 0.25) is 0 Å². The van der Waals surface area contributed by atoms with Crippen LogP contribution < -0.4 is 0 Å². The number of para-hydroxylation sites is 2. The average molecular weight is 694 g/mol. The fourth-order valence-corrected chi connectivity index (χ4v) is 9.66. The van der Waals surface area contributed by atoms with Gasteiger partial charge in [-0.15, -0.1) is 11.3 Å². The highest BCUT2D eigenvalue weighted by Gasteiger charge is 2.23. The number of thiophene rings is 1. The first-order valence-corrected chi connectivity index (χ1v) is 18.6. The lowest BCUT2D eigenvalue weighted by atomic mass is 10.00. The maximum Gasteiger partial charge on any atom is 0.161 e. The molecule has 0 saturated carbocycles. The van der Waals surface area contributed by atoms with Gasteiger partial charge in [-0.1, -0.05) is 115 Å². The number of fused-ring (bicyclic) bond motifs is 12. The summed E-state index contributed by atoms with van der Waals surface area (Å²) in [6, 6.07) is 58.1. The van der Waals surface area contributed by atoms with E-state index in [-0.39, 0.29) is 0 Å². The van der Waals surface area contributed by atoms with Gasteiger partial charge in [0.05, 0.1) is 32.6 Å². The molecule has 0 amide bonds. The van der Waals surface area contributed by atoms with Gasteiger partial charge in [-0.05, 0) is 53.9 Å². The molecule has 4 aromatic heterocycles. The largest absolute Gasteiger partial charge is 0.456 e. The fourth-order valence-electron chi connectivity index (χ4n) is 8.42. The molecule has 0 N–H and O–H groups in total. The van der Waals surface area contributed by atoms with E-state index in [1.807, 2.05) is 23.5 Å². The molecule has 0 saturated heterocycles. The van der Waals surface area contributed by atoms with E-state index >= 15 is 0 Å². The van der Waals surface area contributed by atoms with Crippen molar-refractivity contribution in [1.82, 2.24) is 14.5 Å². The number of aromatic nitrogens is 3. The highest BCUT2D eigenvalue weighted by atomic mass is 32.1. The molecule has 0 aliphatic carbocycles. The lowest BCUT2D eigenvalue weighted by Gasteiger charge is -2.14. The summed E-state index contributed by atoms with van der Waals surface area (Å²) in [6.07, 6.45) is 0. The summed E-state index contributed by atoms with van der Waals surface area (Å²) < 4.78 is 11.3. The topological polar surface area (TPSA) is 43.9 Å². The van der Waals surface area contributed by atoms with Crippen molar-refractivity contribution >= 4 is 96.9 Å². The molecule has 0 fully saturated rings. The van der Waals surface area contributed by atoms with E-state index in [9.17, 15) is 0 Å². The maximum absolute atomic E-state index is 6.38. The van der Waals surface area contributed by atoms with Gasteiger partial charge in [0.25, 0.3) is 0 Å². The molecule has 4 heterocycles. The minimum atomic E-state index is 0.724. The van der Waals surface area contributed by atoms with Crippen LogP contribution >= 0.6 is 11.3 Å². The first-order valence-electron chi connectivity index (χ1n) is 17.8. The molecule has 4 nitrogen and oxygen atoms in total. The van der Waals surface area contributed by atoms with E-state index in [1.165, 1.54) is 30.9 Å². The van der Waals surface area contributed by atoms with Crippen LogP contribution in [0.3, 0.4) is 0 Å². The van der Waals surface area contributed by atoms with Crippen molar-refractivity contribution in [2.75, 3.05) is 0 Å². The van der Waals surface area contributed by atoms with E-state index in [2.05, 4.69) is 156 Å². The third-order valence-corrected chi connectivity index (χ3v) is 12.0. The molecule has 0 aliphatic heterocycles. The second kappa shape index (κ2) is 10.8. The molecule has 0 atom stereocenters. The number of rotatable bonds is 3. The summed E-state index contributed by atoms with van der Waals surface area (Å²) >= 11 is 1.83. The second-order valence-corrected chi connectivity index (χ2v) is 14.7. The molecular formula is C48H27N3OS. The molecule has 53 heavy (non-hydrogen) atoms. The van der Waals surface area contributed by atoms with Crippen LogP contribution in [-0.4, -0.2) is 14.5 Å². The van der Waals surface area contributed by atoms with Crippen LogP contribution in [0, 0.1) is 0 Å². The molecule has 0 aliphatic rings. The van der Waals surface area contributed by atoms with Crippen molar-refractivity contribution in [1.29, 1.82) is 0 Å². The molecule has 12 aromatic rings. The Labute approximate surface area is 306 Å². The molecule has 0 radical (unpaired) electrons. The highest BCUT2D eigenvalue weighted by Crippen LogP contribution is 2.46. The van der Waals surface area contributed by atoms with Gasteiger partial charge < -0.3 is 8.98 Å². The van der Waals surface area contributed by atoms with Gasteiger partial charge in [0.2, 0.25) is 0 Å². The standard InChI is InChI=1S/C48H27N3OS/c1-2-13-29(14-3-1)45-35-23-22-28-12-4-5-15-30(28)46(35)50-48(49-45)34-24-25-39(47-44(34)33-18-8-11-21-43(33)53-47)51-38-19-9-6-16-31(38)36-27-42-37(26-40(36)51)32-17-7-10-20-41(32)52-42/h1-27H. The van der Waals surface area contributed by atoms with Crippen molar-refractivity contribution in [2.24, 2.45) is 0 Å². The van der Waals surface area contributed by atoms with Gasteiger partial charge in [-0.3, -0.25) is 0 Å². The Balaban J connectivity index is 1.20. The van der Waals surface area contributed by atoms with E-state index in [0.717, 1.165) is 83.0 Å². The van der Waals surface area contributed by atoms with Crippen LogP contribution in [0.15, 0.2) is 168 Å². The summed E-state index contributed by atoms with van der Waals surface area (Å²) in [4.78, 5) is 10.8. The molecule has 0 unspecified atom stereocenters.